The predicted octanol–water partition coefficient (Wildman–Crippen LogP) is 2.79. The van der Waals surface area contributed by atoms with Crippen LogP contribution in [0.25, 0.3) is 0 Å². The first kappa shape index (κ1) is 19.1. The number of rotatable bonds is 8. The maximum atomic E-state index is 12.1. The van der Waals surface area contributed by atoms with Gasteiger partial charge in [0.25, 0.3) is 0 Å². The van der Waals surface area contributed by atoms with Crippen LogP contribution in [0, 0.1) is 0 Å². The molecule has 7 heteroatoms. The van der Waals surface area contributed by atoms with Crippen LogP contribution in [0.2, 0.25) is 0 Å². The molecule has 0 saturated carbocycles. The summed E-state index contributed by atoms with van der Waals surface area (Å²) >= 11 is 0. The number of nitrogens with one attached hydrogen (secondary N) is 1. The van der Waals surface area contributed by atoms with E-state index in [-0.39, 0.29) is 11.8 Å². The number of aromatic nitrogens is 2. The van der Waals surface area contributed by atoms with Gasteiger partial charge in [-0.3, -0.25) is 9.59 Å². The standard InChI is InChI=1S/C20H26N4O3/c1-2-17-22-19(27-23-17)10-6-9-18(25)21-14-15-7-5-8-16(13-15)24-12-4-3-11-20(24)26/h5,7-8,13H,2-4,6,9-12,14H2,1H3,(H,21,25). The second-order valence-electron chi connectivity index (χ2n) is 6.76. The molecule has 0 spiro atoms. The van der Waals surface area contributed by atoms with Gasteiger partial charge in [-0.1, -0.05) is 24.2 Å². The fraction of sp³-hybridized carbons (Fsp3) is 0.500. The van der Waals surface area contributed by atoms with Crippen molar-refractivity contribution in [2.24, 2.45) is 0 Å². The number of nitrogens with zero attached hydrogens (tertiary/aromatic N) is 3. The number of benzene rings is 1. The maximum absolute atomic E-state index is 12.1. The summed E-state index contributed by atoms with van der Waals surface area (Å²) in [5.41, 5.74) is 1.90. The first-order chi connectivity index (χ1) is 13.2. The van der Waals surface area contributed by atoms with Gasteiger partial charge >= 0.3 is 0 Å². The summed E-state index contributed by atoms with van der Waals surface area (Å²) in [6.07, 6.45) is 5.04. The minimum Gasteiger partial charge on any atom is -0.352 e. The fourth-order valence-electron chi connectivity index (χ4n) is 3.14. The Hall–Kier alpha value is -2.70. The maximum Gasteiger partial charge on any atom is 0.226 e. The highest BCUT2D eigenvalue weighted by Crippen LogP contribution is 2.21. The molecular weight excluding hydrogens is 344 g/mol. The molecule has 0 aliphatic carbocycles. The van der Waals surface area contributed by atoms with Crippen LogP contribution in [0.15, 0.2) is 28.8 Å². The number of amides is 2. The average Bonchev–Trinajstić information content (AvgIpc) is 3.15. The van der Waals surface area contributed by atoms with Gasteiger partial charge in [0.1, 0.15) is 0 Å². The molecule has 0 unspecified atom stereocenters. The van der Waals surface area contributed by atoms with Crippen molar-refractivity contribution in [1.82, 2.24) is 15.5 Å². The number of anilines is 1. The van der Waals surface area contributed by atoms with E-state index in [4.69, 9.17) is 4.52 Å². The van der Waals surface area contributed by atoms with Crippen molar-refractivity contribution in [3.8, 4) is 0 Å². The molecule has 1 aliphatic rings. The highest BCUT2D eigenvalue weighted by Gasteiger charge is 2.19. The number of piperidine rings is 1. The summed E-state index contributed by atoms with van der Waals surface area (Å²) in [4.78, 5) is 30.2. The molecule has 27 heavy (non-hydrogen) atoms. The summed E-state index contributed by atoms with van der Waals surface area (Å²) in [7, 11) is 0. The molecular formula is C20H26N4O3. The molecule has 1 saturated heterocycles. The van der Waals surface area contributed by atoms with Crippen molar-refractivity contribution >= 4 is 17.5 Å². The summed E-state index contributed by atoms with van der Waals surface area (Å²) < 4.78 is 5.12. The van der Waals surface area contributed by atoms with Crippen LogP contribution in [0.5, 0.6) is 0 Å². The molecule has 144 valence electrons. The summed E-state index contributed by atoms with van der Waals surface area (Å²) in [5, 5.41) is 6.78. The number of carbonyl (C=O) groups is 2. The Morgan fingerprint density at radius 3 is 3.00 bits per heavy atom. The van der Waals surface area contributed by atoms with Gasteiger partial charge in [-0.05, 0) is 37.0 Å². The van der Waals surface area contributed by atoms with E-state index in [1.807, 2.05) is 36.1 Å². The van der Waals surface area contributed by atoms with Crippen LogP contribution in [0.1, 0.15) is 56.3 Å². The van der Waals surface area contributed by atoms with E-state index in [2.05, 4.69) is 15.5 Å². The molecule has 3 rings (SSSR count). The highest BCUT2D eigenvalue weighted by molar-refractivity contribution is 5.94. The Morgan fingerprint density at radius 2 is 2.22 bits per heavy atom. The third kappa shape index (κ3) is 5.39. The summed E-state index contributed by atoms with van der Waals surface area (Å²) in [5.74, 6) is 1.44. The summed E-state index contributed by atoms with van der Waals surface area (Å²) in [6, 6.07) is 7.82. The average molecular weight is 370 g/mol. The Morgan fingerprint density at radius 1 is 1.33 bits per heavy atom. The van der Waals surface area contributed by atoms with E-state index >= 15 is 0 Å². The van der Waals surface area contributed by atoms with E-state index < -0.39 is 0 Å². The SMILES string of the molecule is CCc1noc(CCCC(=O)NCc2cccc(N3CCCCC3=O)c2)n1. The lowest BCUT2D eigenvalue weighted by Crippen LogP contribution is -2.35. The number of hydrogen-bond acceptors (Lipinski definition) is 5. The normalized spacial score (nSPS) is 14.4. The number of aryl methyl sites for hydroxylation is 2. The third-order valence-corrected chi connectivity index (χ3v) is 4.66. The molecule has 2 amide bonds. The molecule has 1 fully saturated rings. The Balaban J connectivity index is 1.44. The van der Waals surface area contributed by atoms with Gasteiger partial charge in [0, 0.05) is 44.5 Å². The van der Waals surface area contributed by atoms with Crippen molar-refractivity contribution in [3.05, 3.63) is 41.5 Å². The first-order valence-corrected chi connectivity index (χ1v) is 9.63. The van der Waals surface area contributed by atoms with Crippen LogP contribution in [0.3, 0.4) is 0 Å². The van der Waals surface area contributed by atoms with Gasteiger partial charge in [-0.2, -0.15) is 4.98 Å². The monoisotopic (exact) mass is 370 g/mol. The lowest BCUT2D eigenvalue weighted by Gasteiger charge is -2.27. The lowest BCUT2D eigenvalue weighted by atomic mass is 10.1. The topological polar surface area (TPSA) is 88.3 Å². The lowest BCUT2D eigenvalue weighted by molar-refractivity contribution is -0.121. The van der Waals surface area contributed by atoms with Crippen molar-refractivity contribution < 1.29 is 14.1 Å². The molecule has 1 aliphatic heterocycles. The molecule has 7 nitrogen and oxygen atoms in total. The van der Waals surface area contributed by atoms with E-state index in [1.165, 1.54) is 0 Å². The Bertz CT molecular complexity index is 787. The molecule has 2 aromatic rings. The van der Waals surface area contributed by atoms with Gasteiger partial charge in [0.2, 0.25) is 17.7 Å². The largest absolute Gasteiger partial charge is 0.352 e. The van der Waals surface area contributed by atoms with Gasteiger partial charge in [0.15, 0.2) is 5.82 Å². The van der Waals surface area contributed by atoms with Crippen LogP contribution in [-0.4, -0.2) is 28.5 Å². The van der Waals surface area contributed by atoms with Crippen LogP contribution in [0.4, 0.5) is 5.69 Å². The molecule has 0 atom stereocenters. The molecule has 0 bridgehead atoms. The smallest absolute Gasteiger partial charge is 0.226 e. The molecule has 1 aromatic heterocycles. The second-order valence-corrected chi connectivity index (χ2v) is 6.76. The predicted molar refractivity (Wildman–Crippen MR) is 101 cm³/mol. The molecule has 1 aromatic carbocycles. The number of carbonyl (C=O) groups excluding carboxylic acids is 2. The number of hydrogen-bond donors (Lipinski definition) is 1. The van der Waals surface area contributed by atoms with E-state index in [1.54, 1.807) is 0 Å². The zero-order valence-electron chi connectivity index (χ0n) is 15.7. The zero-order chi connectivity index (χ0) is 19.1. The van der Waals surface area contributed by atoms with Crippen molar-refractivity contribution in [2.45, 2.75) is 58.4 Å². The Kier molecular flexibility index (Phi) is 6.57. The van der Waals surface area contributed by atoms with Crippen LogP contribution in [-0.2, 0) is 29.0 Å². The van der Waals surface area contributed by atoms with Gasteiger partial charge in [-0.25, -0.2) is 0 Å². The van der Waals surface area contributed by atoms with Crippen LogP contribution >= 0.6 is 0 Å². The van der Waals surface area contributed by atoms with Crippen LogP contribution < -0.4 is 10.2 Å². The third-order valence-electron chi connectivity index (χ3n) is 4.66. The molecule has 0 radical (unpaired) electrons. The molecule has 1 N–H and O–H groups in total. The minimum atomic E-state index is -0.00955. The van der Waals surface area contributed by atoms with Crippen molar-refractivity contribution in [1.29, 1.82) is 0 Å². The highest BCUT2D eigenvalue weighted by atomic mass is 16.5. The quantitative estimate of drug-likeness (QED) is 0.772. The minimum absolute atomic E-state index is 0.00955. The molecule has 2 heterocycles. The van der Waals surface area contributed by atoms with Crippen molar-refractivity contribution in [3.63, 3.8) is 0 Å². The zero-order valence-corrected chi connectivity index (χ0v) is 15.7. The van der Waals surface area contributed by atoms with Gasteiger partial charge < -0.3 is 14.7 Å². The second kappa shape index (κ2) is 9.30. The Labute approximate surface area is 159 Å². The van der Waals surface area contributed by atoms with Gasteiger partial charge in [-0.15, -0.1) is 0 Å². The first-order valence-electron chi connectivity index (χ1n) is 9.63. The summed E-state index contributed by atoms with van der Waals surface area (Å²) in [6.45, 7) is 3.19. The van der Waals surface area contributed by atoms with Crippen molar-refractivity contribution in [2.75, 3.05) is 11.4 Å². The van der Waals surface area contributed by atoms with Gasteiger partial charge in [0.05, 0.1) is 0 Å². The van der Waals surface area contributed by atoms with E-state index in [0.29, 0.717) is 43.9 Å². The fourth-order valence-corrected chi connectivity index (χ4v) is 3.14. The van der Waals surface area contributed by atoms with E-state index in [9.17, 15) is 9.59 Å². The van der Waals surface area contributed by atoms with E-state index in [0.717, 1.165) is 37.1 Å².